The number of nitrogens with one attached hydrogen (secondary N) is 1. The van der Waals surface area contributed by atoms with Crippen molar-refractivity contribution in [3.8, 4) is 0 Å². The summed E-state index contributed by atoms with van der Waals surface area (Å²) in [5.74, 6) is 0. The molecule has 1 aromatic heterocycles. The molecule has 1 aromatic carbocycles. The predicted octanol–water partition coefficient (Wildman–Crippen LogP) is 2.32. The van der Waals surface area contributed by atoms with E-state index in [2.05, 4.69) is 11.0 Å². The maximum absolute atomic E-state index is 11.4. The van der Waals surface area contributed by atoms with E-state index in [9.17, 15) is 4.79 Å². The van der Waals surface area contributed by atoms with Crippen LogP contribution in [0.15, 0.2) is 35.6 Å². The molecule has 1 N–H and O–H groups in total. The number of aromatic nitrogens is 1. The van der Waals surface area contributed by atoms with Crippen LogP contribution in [-0.4, -0.2) is 4.37 Å². The van der Waals surface area contributed by atoms with Crippen LogP contribution in [0.2, 0.25) is 0 Å². The minimum Gasteiger partial charge on any atom is -0.277 e. The first-order chi connectivity index (χ1) is 6.33. The molecule has 1 heterocycles. The normalized spacial score (nSPS) is 10.5. The molecule has 0 fully saturated rings. The Hall–Kier alpha value is -1.35. The molecule has 2 aromatic rings. The number of allylic oxidation sites excluding steroid dienone is 1. The lowest BCUT2D eigenvalue weighted by molar-refractivity contribution is 1.30. The molecule has 2 rings (SSSR count). The summed E-state index contributed by atoms with van der Waals surface area (Å²) >= 11 is 1.38. The lowest BCUT2D eigenvalue weighted by Gasteiger charge is -1.95. The highest BCUT2D eigenvalue weighted by Gasteiger charge is 2.04. The zero-order valence-electron chi connectivity index (χ0n) is 7.04. The largest absolute Gasteiger partial charge is 0.277 e. The van der Waals surface area contributed by atoms with Gasteiger partial charge in [0.25, 0.3) is 5.56 Å². The first-order valence-electron chi connectivity index (χ1n) is 4.03. The summed E-state index contributed by atoms with van der Waals surface area (Å²) in [6, 6.07) is 5.88. The van der Waals surface area contributed by atoms with E-state index in [-0.39, 0.29) is 5.56 Å². The van der Waals surface area contributed by atoms with Crippen molar-refractivity contribution in [3.05, 3.63) is 46.8 Å². The third kappa shape index (κ3) is 1.31. The Morgan fingerprint density at radius 3 is 3.15 bits per heavy atom. The standard InChI is InChI=1S/C10H9NOS/c1-2-4-7-5-3-6-8-9(7)10(12)11-13-8/h2-3,5-6H,1,4H2,(H,11,12). The summed E-state index contributed by atoms with van der Waals surface area (Å²) in [6.45, 7) is 3.67. The van der Waals surface area contributed by atoms with Crippen LogP contribution in [0.4, 0.5) is 0 Å². The van der Waals surface area contributed by atoms with Crippen molar-refractivity contribution in [3.63, 3.8) is 0 Å². The van der Waals surface area contributed by atoms with E-state index in [0.717, 1.165) is 22.1 Å². The molecule has 0 unspecified atom stereocenters. The first kappa shape index (κ1) is 8.26. The lowest BCUT2D eigenvalue weighted by Crippen LogP contribution is -1.99. The molecule has 0 aliphatic heterocycles. The van der Waals surface area contributed by atoms with E-state index in [4.69, 9.17) is 0 Å². The monoisotopic (exact) mass is 191 g/mol. The van der Waals surface area contributed by atoms with E-state index in [1.54, 1.807) is 0 Å². The zero-order valence-corrected chi connectivity index (χ0v) is 7.86. The molecule has 0 saturated heterocycles. The number of rotatable bonds is 2. The molecule has 0 aliphatic rings. The fourth-order valence-electron chi connectivity index (χ4n) is 1.40. The highest BCUT2D eigenvalue weighted by atomic mass is 32.1. The van der Waals surface area contributed by atoms with Crippen LogP contribution in [0.3, 0.4) is 0 Å². The maximum atomic E-state index is 11.4. The van der Waals surface area contributed by atoms with Crippen molar-refractivity contribution in [2.75, 3.05) is 0 Å². The molecular weight excluding hydrogens is 182 g/mol. The summed E-state index contributed by atoms with van der Waals surface area (Å²) in [6.07, 6.45) is 2.56. The van der Waals surface area contributed by atoms with Crippen LogP contribution in [0.25, 0.3) is 10.1 Å². The molecule has 0 saturated carbocycles. The van der Waals surface area contributed by atoms with Crippen LogP contribution in [-0.2, 0) is 6.42 Å². The van der Waals surface area contributed by atoms with Gasteiger partial charge in [0.1, 0.15) is 0 Å². The topological polar surface area (TPSA) is 32.9 Å². The lowest BCUT2D eigenvalue weighted by atomic mass is 10.1. The smallest absolute Gasteiger partial charge is 0.266 e. The number of fused-ring (bicyclic) bond motifs is 1. The predicted molar refractivity (Wildman–Crippen MR) is 56.3 cm³/mol. The van der Waals surface area contributed by atoms with Crippen molar-refractivity contribution in [2.24, 2.45) is 0 Å². The van der Waals surface area contributed by atoms with Gasteiger partial charge in [0.2, 0.25) is 0 Å². The van der Waals surface area contributed by atoms with Gasteiger partial charge >= 0.3 is 0 Å². The van der Waals surface area contributed by atoms with Gasteiger partial charge in [0, 0.05) is 0 Å². The summed E-state index contributed by atoms with van der Waals surface area (Å²) in [4.78, 5) is 11.4. The van der Waals surface area contributed by atoms with Gasteiger partial charge in [-0.05, 0) is 18.1 Å². The summed E-state index contributed by atoms with van der Waals surface area (Å²) in [5, 5.41) is 0.812. The highest BCUT2D eigenvalue weighted by molar-refractivity contribution is 7.13. The molecule has 13 heavy (non-hydrogen) atoms. The van der Waals surface area contributed by atoms with Gasteiger partial charge in [-0.25, -0.2) is 0 Å². The fraction of sp³-hybridized carbons (Fsp3) is 0.100. The van der Waals surface area contributed by atoms with Crippen LogP contribution in [0.5, 0.6) is 0 Å². The second-order valence-corrected chi connectivity index (χ2v) is 3.66. The Balaban J connectivity index is 2.80. The molecule has 2 nitrogen and oxygen atoms in total. The van der Waals surface area contributed by atoms with Crippen molar-refractivity contribution in [1.82, 2.24) is 4.37 Å². The minimum absolute atomic E-state index is 0.0115. The van der Waals surface area contributed by atoms with Crippen molar-refractivity contribution >= 4 is 21.6 Å². The molecular formula is C10H9NOS. The van der Waals surface area contributed by atoms with E-state index < -0.39 is 0 Å². The van der Waals surface area contributed by atoms with Gasteiger partial charge < -0.3 is 0 Å². The van der Waals surface area contributed by atoms with Gasteiger partial charge in [-0.1, -0.05) is 29.7 Å². The molecule has 0 radical (unpaired) electrons. The van der Waals surface area contributed by atoms with E-state index >= 15 is 0 Å². The summed E-state index contributed by atoms with van der Waals surface area (Å²) < 4.78 is 3.75. The SMILES string of the molecule is C=CCc1cccc2s[nH]c(=O)c12. The number of aromatic amines is 1. The van der Waals surface area contributed by atoms with Gasteiger partial charge in [-0.3, -0.25) is 9.17 Å². The minimum atomic E-state index is 0.0115. The molecule has 66 valence electrons. The number of benzene rings is 1. The zero-order chi connectivity index (χ0) is 9.26. The Kier molecular flexibility index (Phi) is 2.02. The molecule has 0 aliphatic carbocycles. The quantitative estimate of drug-likeness (QED) is 0.726. The summed E-state index contributed by atoms with van der Waals surface area (Å²) in [7, 11) is 0. The highest BCUT2D eigenvalue weighted by Crippen LogP contribution is 2.18. The second kappa shape index (κ2) is 3.18. The Bertz CT molecular complexity index is 495. The van der Waals surface area contributed by atoms with Gasteiger partial charge in [-0.2, -0.15) is 0 Å². The van der Waals surface area contributed by atoms with Crippen LogP contribution < -0.4 is 5.56 Å². The molecule has 0 bridgehead atoms. The van der Waals surface area contributed by atoms with E-state index in [0.29, 0.717) is 0 Å². The molecule has 3 heteroatoms. The third-order valence-corrected chi connectivity index (χ3v) is 2.81. The van der Waals surface area contributed by atoms with Crippen LogP contribution in [0.1, 0.15) is 5.56 Å². The maximum Gasteiger partial charge on any atom is 0.266 e. The van der Waals surface area contributed by atoms with Crippen molar-refractivity contribution < 1.29 is 0 Å². The Labute approximate surface area is 79.7 Å². The Morgan fingerprint density at radius 2 is 2.38 bits per heavy atom. The number of hydrogen-bond acceptors (Lipinski definition) is 2. The average Bonchev–Trinajstić information content (AvgIpc) is 2.50. The second-order valence-electron chi connectivity index (χ2n) is 2.82. The van der Waals surface area contributed by atoms with E-state index in [1.165, 1.54) is 11.5 Å². The van der Waals surface area contributed by atoms with Crippen LogP contribution in [0, 0.1) is 0 Å². The van der Waals surface area contributed by atoms with Gasteiger partial charge in [0.05, 0.1) is 10.1 Å². The van der Waals surface area contributed by atoms with Gasteiger partial charge in [0.15, 0.2) is 0 Å². The molecule has 0 amide bonds. The first-order valence-corrected chi connectivity index (χ1v) is 4.84. The molecule has 0 atom stereocenters. The molecule has 0 spiro atoms. The average molecular weight is 191 g/mol. The van der Waals surface area contributed by atoms with E-state index in [1.807, 2.05) is 24.3 Å². The fourth-order valence-corrected chi connectivity index (χ4v) is 2.17. The van der Waals surface area contributed by atoms with Gasteiger partial charge in [-0.15, -0.1) is 6.58 Å². The van der Waals surface area contributed by atoms with Crippen molar-refractivity contribution in [2.45, 2.75) is 6.42 Å². The number of H-pyrrole nitrogens is 1. The third-order valence-electron chi connectivity index (χ3n) is 1.96. The number of hydrogen-bond donors (Lipinski definition) is 1. The van der Waals surface area contributed by atoms with Crippen molar-refractivity contribution in [1.29, 1.82) is 0 Å². The Morgan fingerprint density at radius 1 is 1.54 bits per heavy atom. The summed E-state index contributed by atoms with van der Waals surface area (Å²) in [5.41, 5.74) is 1.06. The van der Waals surface area contributed by atoms with Crippen LogP contribution >= 0.6 is 11.5 Å².